The molecule has 28 heavy (non-hydrogen) atoms. The van der Waals surface area contributed by atoms with Crippen LogP contribution in [0, 0.1) is 0 Å². The Morgan fingerprint density at radius 3 is 2.71 bits per heavy atom. The number of carboxylic acid groups (broad SMARTS) is 1. The van der Waals surface area contributed by atoms with Gasteiger partial charge in [-0.15, -0.1) is 22.7 Å². The molecular weight excluding hydrogens is 396 g/mol. The molecule has 9 heteroatoms. The molecule has 3 aromatic rings. The Kier molecular flexibility index (Phi) is 5.38. The minimum absolute atomic E-state index is 0.131. The van der Waals surface area contributed by atoms with E-state index >= 15 is 0 Å². The van der Waals surface area contributed by atoms with Crippen molar-refractivity contribution < 1.29 is 14.7 Å². The van der Waals surface area contributed by atoms with Gasteiger partial charge in [0.15, 0.2) is 0 Å². The number of aromatic nitrogens is 1. The van der Waals surface area contributed by atoms with Crippen LogP contribution in [-0.4, -0.2) is 48.1 Å². The smallest absolute Gasteiger partial charge is 0.335 e. The molecule has 7 nitrogen and oxygen atoms in total. The van der Waals surface area contributed by atoms with E-state index in [1.807, 2.05) is 17.5 Å². The first-order chi connectivity index (χ1) is 13.6. The van der Waals surface area contributed by atoms with E-state index in [-0.39, 0.29) is 11.5 Å². The summed E-state index contributed by atoms with van der Waals surface area (Å²) >= 11 is 2.98. The Labute approximate surface area is 169 Å². The number of piperazine rings is 1. The number of thiophene rings is 1. The molecule has 0 spiro atoms. The maximum absolute atomic E-state index is 12.8. The number of hydrogen-bond donors (Lipinski definition) is 3. The summed E-state index contributed by atoms with van der Waals surface area (Å²) < 4.78 is 0. The highest BCUT2D eigenvalue weighted by atomic mass is 32.1. The van der Waals surface area contributed by atoms with Crippen LogP contribution in [0.25, 0.3) is 9.88 Å². The van der Waals surface area contributed by atoms with Crippen molar-refractivity contribution in [3.63, 3.8) is 0 Å². The van der Waals surface area contributed by atoms with E-state index < -0.39 is 5.97 Å². The molecule has 0 unspecified atom stereocenters. The third-order valence-electron chi connectivity index (χ3n) is 4.42. The van der Waals surface area contributed by atoms with Gasteiger partial charge >= 0.3 is 5.97 Å². The summed E-state index contributed by atoms with van der Waals surface area (Å²) in [6.45, 7) is 3.25. The Hall–Kier alpha value is -2.75. The van der Waals surface area contributed by atoms with Crippen LogP contribution in [-0.2, 0) is 0 Å². The number of aromatic carboxylic acids is 1. The second kappa shape index (κ2) is 8.09. The predicted octanol–water partition coefficient (Wildman–Crippen LogP) is 3.23. The van der Waals surface area contributed by atoms with Crippen LogP contribution >= 0.6 is 22.7 Å². The number of rotatable bonds is 5. The SMILES string of the molecule is O=C(O)c1ccc(N2CCNCC2)c(NC(=O)c2csc(-c3cccs3)n2)c1. The van der Waals surface area contributed by atoms with Gasteiger partial charge in [-0.25, -0.2) is 9.78 Å². The number of thiazole rings is 1. The molecule has 0 radical (unpaired) electrons. The number of hydrogen-bond acceptors (Lipinski definition) is 7. The summed E-state index contributed by atoms with van der Waals surface area (Å²) in [5, 5.41) is 19.9. The van der Waals surface area contributed by atoms with E-state index in [2.05, 4.69) is 20.5 Å². The molecule has 0 saturated carbocycles. The van der Waals surface area contributed by atoms with Crippen molar-refractivity contribution >= 4 is 45.9 Å². The number of amides is 1. The Morgan fingerprint density at radius 2 is 2.00 bits per heavy atom. The quantitative estimate of drug-likeness (QED) is 0.593. The summed E-state index contributed by atoms with van der Waals surface area (Å²) in [5.74, 6) is -1.38. The molecule has 1 aromatic carbocycles. The lowest BCUT2D eigenvalue weighted by Crippen LogP contribution is -2.43. The summed E-state index contributed by atoms with van der Waals surface area (Å²) in [6.07, 6.45) is 0. The van der Waals surface area contributed by atoms with Gasteiger partial charge in [0.25, 0.3) is 5.91 Å². The number of anilines is 2. The molecule has 0 aliphatic carbocycles. The molecule has 3 heterocycles. The third kappa shape index (κ3) is 3.91. The van der Waals surface area contributed by atoms with E-state index in [9.17, 15) is 14.7 Å². The first kappa shape index (κ1) is 18.6. The fourth-order valence-corrected chi connectivity index (χ4v) is 4.64. The standard InChI is InChI=1S/C19H18N4O3S2/c24-17(14-11-28-18(22-14)16-2-1-9-27-16)21-13-10-12(19(25)26)3-4-15(13)23-7-5-20-6-8-23/h1-4,9-11,20H,5-8H2,(H,21,24)(H,25,26). The number of carboxylic acids is 1. The van der Waals surface area contributed by atoms with Crippen molar-refractivity contribution in [3.8, 4) is 9.88 Å². The molecule has 4 rings (SSSR count). The Bertz CT molecular complexity index is 995. The first-order valence-corrected chi connectivity index (χ1v) is 10.5. The summed E-state index contributed by atoms with van der Waals surface area (Å²) in [6, 6.07) is 8.72. The minimum atomic E-state index is -1.03. The second-order valence-electron chi connectivity index (χ2n) is 6.24. The molecule has 2 aromatic heterocycles. The highest BCUT2D eigenvalue weighted by Crippen LogP contribution is 2.30. The molecule has 3 N–H and O–H groups in total. The summed E-state index contributed by atoms with van der Waals surface area (Å²) in [7, 11) is 0. The van der Waals surface area contributed by atoms with E-state index in [1.165, 1.54) is 17.4 Å². The number of nitrogens with one attached hydrogen (secondary N) is 2. The zero-order valence-corrected chi connectivity index (χ0v) is 16.5. The normalized spacial score (nSPS) is 14.1. The average molecular weight is 415 g/mol. The average Bonchev–Trinajstić information content (AvgIpc) is 3.40. The monoisotopic (exact) mass is 414 g/mol. The van der Waals surface area contributed by atoms with Crippen molar-refractivity contribution in [2.45, 2.75) is 0 Å². The van der Waals surface area contributed by atoms with Gasteiger partial charge in [0.2, 0.25) is 0 Å². The molecule has 1 saturated heterocycles. The lowest BCUT2D eigenvalue weighted by atomic mass is 10.1. The van der Waals surface area contributed by atoms with Gasteiger partial charge in [0, 0.05) is 31.6 Å². The third-order valence-corrected chi connectivity index (χ3v) is 6.30. The maximum Gasteiger partial charge on any atom is 0.335 e. The zero-order valence-electron chi connectivity index (χ0n) is 14.8. The van der Waals surface area contributed by atoms with Crippen LogP contribution in [0.4, 0.5) is 11.4 Å². The van der Waals surface area contributed by atoms with E-state index in [4.69, 9.17) is 0 Å². The summed E-state index contributed by atoms with van der Waals surface area (Å²) in [4.78, 5) is 31.7. The van der Waals surface area contributed by atoms with E-state index in [0.717, 1.165) is 41.8 Å². The minimum Gasteiger partial charge on any atom is -0.478 e. The Balaban J connectivity index is 1.61. The largest absolute Gasteiger partial charge is 0.478 e. The van der Waals surface area contributed by atoms with Crippen LogP contribution in [0.5, 0.6) is 0 Å². The molecule has 0 bridgehead atoms. The number of benzene rings is 1. The molecule has 144 valence electrons. The van der Waals surface area contributed by atoms with Crippen LogP contribution < -0.4 is 15.5 Å². The number of nitrogens with zero attached hydrogens (tertiary/aromatic N) is 2. The number of carbonyl (C=O) groups excluding carboxylic acids is 1. The lowest BCUT2D eigenvalue weighted by Gasteiger charge is -2.31. The van der Waals surface area contributed by atoms with Crippen molar-refractivity contribution in [2.75, 3.05) is 36.4 Å². The fourth-order valence-electron chi connectivity index (χ4n) is 3.03. The second-order valence-corrected chi connectivity index (χ2v) is 8.05. The fraction of sp³-hybridized carbons (Fsp3) is 0.211. The van der Waals surface area contributed by atoms with Gasteiger partial charge < -0.3 is 20.6 Å². The van der Waals surface area contributed by atoms with E-state index in [1.54, 1.807) is 28.8 Å². The van der Waals surface area contributed by atoms with Crippen molar-refractivity contribution in [3.05, 3.63) is 52.3 Å². The van der Waals surface area contributed by atoms with Crippen LogP contribution in [0.15, 0.2) is 41.1 Å². The van der Waals surface area contributed by atoms with Gasteiger partial charge in [0.05, 0.1) is 21.8 Å². The lowest BCUT2D eigenvalue weighted by molar-refractivity contribution is 0.0696. The molecule has 0 atom stereocenters. The van der Waals surface area contributed by atoms with Gasteiger partial charge in [-0.05, 0) is 29.6 Å². The molecule has 1 amide bonds. The summed E-state index contributed by atoms with van der Waals surface area (Å²) in [5.41, 5.74) is 1.75. The predicted molar refractivity (Wildman–Crippen MR) is 112 cm³/mol. The van der Waals surface area contributed by atoms with Crippen molar-refractivity contribution in [2.24, 2.45) is 0 Å². The first-order valence-electron chi connectivity index (χ1n) is 8.75. The van der Waals surface area contributed by atoms with Crippen molar-refractivity contribution in [1.29, 1.82) is 0 Å². The number of carbonyl (C=O) groups is 2. The van der Waals surface area contributed by atoms with Crippen LogP contribution in [0.3, 0.4) is 0 Å². The highest BCUT2D eigenvalue weighted by molar-refractivity contribution is 7.20. The molecule has 1 aliphatic heterocycles. The van der Waals surface area contributed by atoms with Gasteiger partial charge in [-0.3, -0.25) is 4.79 Å². The topological polar surface area (TPSA) is 94.6 Å². The maximum atomic E-state index is 12.8. The molecule has 1 aliphatic rings. The van der Waals surface area contributed by atoms with Gasteiger partial charge in [0.1, 0.15) is 10.7 Å². The van der Waals surface area contributed by atoms with Crippen LogP contribution in [0.2, 0.25) is 0 Å². The van der Waals surface area contributed by atoms with Gasteiger partial charge in [-0.2, -0.15) is 0 Å². The van der Waals surface area contributed by atoms with E-state index in [0.29, 0.717) is 11.4 Å². The zero-order chi connectivity index (χ0) is 19.5. The van der Waals surface area contributed by atoms with Gasteiger partial charge in [-0.1, -0.05) is 6.07 Å². The van der Waals surface area contributed by atoms with Crippen LogP contribution in [0.1, 0.15) is 20.8 Å². The molecule has 1 fully saturated rings. The molecular formula is C19H18N4O3S2. The van der Waals surface area contributed by atoms with Crippen molar-refractivity contribution in [1.82, 2.24) is 10.3 Å². The highest BCUT2D eigenvalue weighted by Gasteiger charge is 2.19. The Morgan fingerprint density at radius 1 is 1.18 bits per heavy atom.